The van der Waals surface area contributed by atoms with Crippen LogP contribution in [0.3, 0.4) is 0 Å². The third kappa shape index (κ3) is 6.85. The molecule has 1 aliphatic rings. The number of aliphatic hydroxyl groups excluding tert-OH is 3. The maximum absolute atomic E-state index is 9.95. The van der Waals surface area contributed by atoms with Crippen LogP contribution in [0.25, 0.3) is 10.4 Å². The zero-order valence-corrected chi connectivity index (χ0v) is 13.6. The summed E-state index contributed by atoms with van der Waals surface area (Å²) in [5, 5.41) is 32.2. The molecule has 11 heteroatoms. The van der Waals surface area contributed by atoms with Crippen LogP contribution in [-0.4, -0.2) is 99.3 Å². The monoisotopic (exact) mass is 351 g/mol. The molecule has 0 aromatic rings. The summed E-state index contributed by atoms with van der Waals surface area (Å²) in [6.45, 7) is 1.30. The molecule has 0 amide bonds. The van der Waals surface area contributed by atoms with Crippen molar-refractivity contribution in [3.8, 4) is 0 Å². The van der Waals surface area contributed by atoms with Gasteiger partial charge in [0.05, 0.1) is 39.6 Å². The Balaban J connectivity index is 2.17. The van der Waals surface area contributed by atoms with E-state index >= 15 is 0 Å². The molecule has 1 heterocycles. The van der Waals surface area contributed by atoms with E-state index in [1.54, 1.807) is 0 Å². The fraction of sp³-hybridized carbons (Fsp3) is 1.00. The van der Waals surface area contributed by atoms with Crippen molar-refractivity contribution in [1.82, 2.24) is 0 Å². The number of hydrogen-bond acceptors (Lipinski definition) is 9. The molecule has 0 bridgehead atoms. The fourth-order valence-corrected chi connectivity index (χ4v) is 2.14. The summed E-state index contributed by atoms with van der Waals surface area (Å²) in [6, 6.07) is 0. The molecular weight excluding hydrogens is 326 g/mol. The van der Waals surface area contributed by atoms with Crippen molar-refractivity contribution in [1.29, 1.82) is 0 Å². The van der Waals surface area contributed by atoms with Gasteiger partial charge in [0, 0.05) is 18.6 Å². The predicted octanol–water partition coefficient (Wildman–Crippen LogP) is -1.20. The van der Waals surface area contributed by atoms with Crippen LogP contribution < -0.4 is 0 Å². The number of nitrogens with zero attached hydrogens (tertiary/aromatic N) is 3. The van der Waals surface area contributed by atoms with Crippen LogP contribution in [0, 0.1) is 0 Å². The lowest BCUT2D eigenvalue weighted by Crippen LogP contribution is -2.59. The summed E-state index contributed by atoms with van der Waals surface area (Å²) < 4.78 is 26.4. The lowest BCUT2D eigenvalue weighted by molar-refractivity contribution is -0.307. The minimum Gasteiger partial charge on any atom is -0.394 e. The van der Waals surface area contributed by atoms with Crippen molar-refractivity contribution >= 4 is 0 Å². The molecule has 1 fully saturated rings. The van der Waals surface area contributed by atoms with E-state index in [1.807, 2.05) is 0 Å². The maximum Gasteiger partial charge on any atom is 0.187 e. The van der Waals surface area contributed by atoms with Gasteiger partial charge in [0.2, 0.25) is 0 Å². The Kier molecular flexibility index (Phi) is 10.8. The quantitative estimate of drug-likeness (QED) is 0.171. The smallest absolute Gasteiger partial charge is 0.187 e. The lowest BCUT2D eigenvalue weighted by atomic mass is 9.99. The molecular formula is C13H25N3O8. The van der Waals surface area contributed by atoms with Gasteiger partial charge in [-0.3, -0.25) is 0 Å². The van der Waals surface area contributed by atoms with E-state index < -0.39 is 37.3 Å². The Bertz CT molecular complexity index is 382. The average molecular weight is 351 g/mol. The molecule has 11 nitrogen and oxygen atoms in total. The third-order valence-corrected chi connectivity index (χ3v) is 3.38. The molecule has 3 N–H and O–H groups in total. The molecule has 0 spiro atoms. The van der Waals surface area contributed by atoms with E-state index in [4.69, 9.17) is 34.3 Å². The highest BCUT2D eigenvalue weighted by Gasteiger charge is 2.45. The molecule has 1 saturated heterocycles. The standard InChI is InChI=1S/C13H25N3O8/c1-20-12-11(19)10(18)9(8-17)24-13(12)23-7-6-22-5-4-21-3-2-15-16-14/h9-13,17-19H,2-8H2,1H3/t9-,10-,11+,12+,13+/m1/s1. The Labute approximate surface area is 139 Å². The van der Waals surface area contributed by atoms with E-state index in [2.05, 4.69) is 10.0 Å². The van der Waals surface area contributed by atoms with Crippen molar-refractivity contribution in [2.24, 2.45) is 5.11 Å². The van der Waals surface area contributed by atoms with Crippen molar-refractivity contribution in [2.45, 2.75) is 30.7 Å². The summed E-state index contributed by atoms with van der Waals surface area (Å²) >= 11 is 0. The first-order valence-corrected chi connectivity index (χ1v) is 7.58. The number of azide groups is 1. The second-order valence-corrected chi connectivity index (χ2v) is 4.96. The summed E-state index contributed by atoms with van der Waals surface area (Å²) in [5.74, 6) is 0. The topological polar surface area (TPSA) is 156 Å². The van der Waals surface area contributed by atoms with E-state index in [1.165, 1.54) is 7.11 Å². The fourth-order valence-electron chi connectivity index (χ4n) is 2.14. The second kappa shape index (κ2) is 12.4. The Hall–Kier alpha value is -1.01. The number of aliphatic hydroxyl groups is 3. The van der Waals surface area contributed by atoms with Gasteiger partial charge in [-0.05, 0) is 5.53 Å². The number of methoxy groups -OCH3 is 1. The van der Waals surface area contributed by atoms with Crippen LogP contribution >= 0.6 is 0 Å². The molecule has 0 aromatic heterocycles. The molecule has 0 aromatic carbocycles. The Morgan fingerprint density at radius 1 is 1.08 bits per heavy atom. The second-order valence-electron chi connectivity index (χ2n) is 4.96. The van der Waals surface area contributed by atoms with Crippen LogP contribution in [-0.2, 0) is 23.7 Å². The van der Waals surface area contributed by atoms with Gasteiger partial charge < -0.3 is 39.0 Å². The molecule has 1 rings (SSSR count). The van der Waals surface area contributed by atoms with Gasteiger partial charge in [0.25, 0.3) is 0 Å². The Morgan fingerprint density at radius 2 is 1.75 bits per heavy atom. The number of rotatable bonds is 12. The summed E-state index contributed by atoms with van der Waals surface area (Å²) in [6.07, 6.45) is -5.21. The highest BCUT2D eigenvalue weighted by atomic mass is 16.7. The normalized spacial score (nSPS) is 30.1. The van der Waals surface area contributed by atoms with Crippen molar-refractivity contribution in [3.05, 3.63) is 10.4 Å². The summed E-state index contributed by atoms with van der Waals surface area (Å²) in [4.78, 5) is 2.60. The van der Waals surface area contributed by atoms with Gasteiger partial charge in [-0.1, -0.05) is 5.11 Å². The third-order valence-electron chi connectivity index (χ3n) is 3.38. The number of hydrogen-bond donors (Lipinski definition) is 3. The highest BCUT2D eigenvalue weighted by Crippen LogP contribution is 2.23. The molecule has 5 atom stereocenters. The maximum atomic E-state index is 9.95. The van der Waals surface area contributed by atoms with Gasteiger partial charge in [-0.15, -0.1) is 0 Å². The first-order chi connectivity index (χ1) is 11.7. The van der Waals surface area contributed by atoms with Crippen LogP contribution in [0.1, 0.15) is 0 Å². The molecule has 24 heavy (non-hydrogen) atoms. The largest absolute Gasteiger partial charge is 0.394 e. The van der Waals surface area contributed by atoms with Crippen molar-refractivity contribution in [3.63, 3.8) is 0 Å². The molecule has 0 saturated carbocycles. The average Bonchev–Trinajstić information content (AvgIpc) is 2.59. The zero-order valence-electron chi connectivity index (χ0n) is 13.6. The van der Waals surface area contributed by atoms with Gasteiger partial charge in [0.15, 0.2) is 6.29 Å². The molecule has 1 aliphatic heterocycles. The molecule has 0 radical (unpaired) electrons. The lowest BCUT2D eigenvalue weighted by Gasteiger charge is -2.41. The van der Waals surface area contributed by atoms with Gasteiger partial charge in [-0.2, -0.15) is 0 Å². The predicted molar refractivity (Wildman–Crippen MR) is 80.2 cm³/mol. The summed E-state index contributed by atoms with van der Waals surface area (Å²) in [7, 11) is 1.36. The van der Waals surface area contributed by atoms with Gasteiger partial charge in [-0.25, -0.2) is 0 Å². The SMILES string of the molecule is CO[C@@H]1[C@@H](OCCOCCOCCN=[N+]=[N-])O[C@H](CO)[C@@H](O)[C@@H]1O. The van der Waals surface area contributed by atoms with Crippen LogP contribution in [0.4, 0.5) is 0 Å². The van der Waals surface area contributed by atoms with Crippen LogP contribution in [0.2, 0.25) is 0 Å². The van der Waals surface area contributed by atoms with E-state index in [9.17, 15) is 10.2 Å². The minimum atomic E-state index is -1.25. The van der Waals surface area contributed by atoms with Crippen LogP contribution in [0.15, 0.2) is 5.11 Å². The van der Waals surface area contributed by atoms with E-state index in [0.717, 1.165) is 0 Å². The minimum absolute atomic E-state index is 0.171. The van der Waals surface area contributed by atoms with E-state index in [0.29, 0.717) is 19.8 Å². The molecule has 140 valence electrons. The molecule has 0 aliphatic carbocycles. The first-order valence-electron chi connectivity index (χ1n) is 7.58. The van der Waals surface area contributed by atoms with Gasteiger partial charge >= 0.3 is 0 Å². The molecule has 0 unspecified atom stereocenters. The van der Waals surface area contributed by atoms with Crippen LogP contribution in [0.5, 0.6) is 0 Å². The Morgan fingerprint density at radius 3 is 2.38 bits per heavy atom. The van der Waals surface area contributed by atoms with Crippen molar-refractivity contribution in [2.75, 3.05) is 53.3 Å². The van der Waals surface area contributed by atoms with Gasteiger partial charge in [0.1, 0.15) is 24.4 Å². The summed E-state index contributed by atoms with van der Waals surface area (Å²) in [5.41, 5.74) is 8.07. The number of ether oxygens (including phenoxy) is 5. The van der Waals surface area contributed by atoms with Crippen molar-refractivity contribution < 1.29 is 39.0 Å². The van der Waals surface area contributed by atoms with E-state index in [-0.39, 0.29) is 19.8 Å². The first kappa shape index (κ1) is 21.0. The highest BCUT2D eigenvalue weighted by molar-refractivity contribution is 4.89. The zero-order chi connectivity index (χ0) is 17.8.